The first kappa shape index (κ1) is 21.2. The van der Waals surface area contributed by atoms with Crippen LogP contribution in [-0.4, -0.2) is 41.7 Å². The number of hydrogen-bond acceptors (Lipinski definition) is 5. The first-order chi connectivity index (χ1) is 15.9. The zero-order chi connectivity index (χ0) is 23.0. The minimum absolute atomic E-state index is 0.0732. The summed E-state index contributed by atoms with van der Waals surface area (Å²) < 4.78 is 5.65. The number of pyridine rings is 1. The second-order valence-corrected chi connectivity index (χ2v) is 8.68. The van der Waals surface area contributed by atoms with Gasteiger partial charge in [0.1, 0.15) is 11.6 Å². The number of aromatic hydroxyl groups is 1. The van der Waals surface area contributed by atoms with Crippen LogP contribution in [0.1, 0.15) is 35.7 Å². The van der Waals surface area contributed by atoms with E-state index < -0.39 is 0 Å². The van der Waals surface area contributed by atoms with Crippen LogP contribution in [0.5, 0.6) is 5.75 Å². The van der Waals surface area contributed by atoms with E-state index in [1.54, 1.807) is 24.4 Å². The minimum Gasteiger partial charge on any atom is -0.508 e. The number of phenolic OH excluding ortho intramolecular Hbond substituents is 1. The van der Waals surface area contributed by atoms with Crippen molar-refractivity contribution in [3.63, 3.8) is 0 Å². The maximum atomic E-state index is 13.4. The third kappa shape index (κ3) is 3.96. The summed E-state index contributed by atoms with van der Waals surface area (Å²) in [7, 11) is 0. The van der Waals surface area contributed by atoms with Crippen LogP contribution >= 0.6 is 0 Å². The number of carbonyl (C=O) groups is 2. The average molecular weight is 444 g/mol. The Morgan fingerprint density at radius 3 is 2.61 bits per heavy atom. The Hall–Kier alpha value is -3.71. The van der Waals surface area contributed by atoms with Crippen molar-refractivity contribution in [3.8, 4) is 16.9 Å². The van der Waals surface area contributed by atoms with Gasteiger partial charge in [-0.3, -0.25) is 9.59 Å². The van der Waals surface area contributed by atoms with Crippen molar-refractivity contribution in [2.75, 3.05) is 30.0 Å². The molecule has 2 aliphatic heterocycles. The normalized spacial score (nSPS) is 16.5. The van der Waals surface area contributed by atoms with Crippen LogP contribution in [0.15, 0.2) is 60.8 Å². The Bertz CT molecular complexity index is 1230. The third-order valence-corrected chi connectivity index (χ3v) is 6.51. The first-order valence-corrected chi connectivity index (χ1v) is 11.0. The lowest BCUT2D eigenvalue weighted by Gasteiger charge is -2.34. The van der Waals surface area contributed by atoms with Gasteiger partial charge in [0, 0.05) is 49.5 Å². The third-order valence-electron chi connectivity index (χ3n) is 6.51. The topological polar surface area (TPSA) is 91.8 Å². The Kier molecular flexibility index (Phi) is 5.34. The van der Waals surface area contributed by atoms with E-state index in [0.29, 0.717) is 31.1 Å². The molecule has 2 N–H and O–H groups in total. The number of phenols is 1. The van der Waals surface area contributed by atoms with Crippen molar-refractivity contribution in [2.45, 2.75) is 25.2 Å². The van der Waals surface area contributed by atoms with Gasteiger partial charge in [0.25, 0.3) is 5.91 Å². The summed E-state index contributed by atoms with van der Waals surface area (Å²) in [4.78, 5) is 30.9. The molecule has 7 heteroatoms. The van der Waals surface area contributed by atoms with E-state index in [-0.39, 0.29) is 23.0 Å². The van der Waals surface area contributed by atoms with Gasteiger partial charge in [0.15, 0.2) is 0 Å². The molecule has 2 aromatic carbocycles. The molecular formula is C26H25N3O4. The van der Waals surface area contributed by atoms with Gasteiger partial charge in [-0.25, -0.2) is 4.98 Å². The van der Waals surface area contributed by atoms with Crippen LogP contribution in [0, 0.1) is 0 Å². The fourth-order valence-corrected chi connectivity index (χ4v) is 4.87. The number of carbonyl (C=O) groups excluding carboxylic acids is 2. The Labute approximate surface area is 192 Å². The highest BCUT2D eigenvalue weighted by Gasteiger charge is 2.45. The molecule has 1 fully saturated rings. The molecule has 0 saturated carbocycles. The molecule has 1 spiro atoms. The number of aromatic nitrogens is 1. The lowest BCUT2D eigenvalue weighted by Crippen LogP contribution is -2.40. The number of fused-ring (bicyclic) bond motifs is 2. The summed E-state index contributed by atoms with van der Waals surface area (Å²) in [5, 5.41) is 12.6. The van der Waals surface area contributed by atoms with Crippen LogP contribution in [0.2, 0.25) is 0 Å². The Morgan fingerprint density at radius 2 is 1.85 bits per heavy atom. The van der Waals surface area contributed by atoms with Gasteiger partial charge in [0.2, 0.25) is 5.91 Å². The zero-order valence-electron chi connectivity index (χ0n) is 18.4. The van der Waals surface area contributed by atoms with Gasteiger partial charge in [-0.05, 0) is 72.0 Å². The number of nitrogens with one attached hydrogen (secondary N) is 1. The smallest absolute Gasteiger partial charge is 0.258 e. The number of nitrogens with zero attached hydrogens (tertiary/aromatic N) is 2. The molecule has 7 nitrogen and oxygen atoms in total. The summed E-state index contributed by atoms with van der Waals surface area (Å²) in [6, 6.07) is 16.4. The molecule has 0 atom stereocenters. The maximum absolute atomic E-state index is 13.4. The standard InChI is InChI=1S/C26H25N3O4/c1-17(30)28-24-15-19(7-10-27-24)18-5-6-23-22(14-18)26(8-11-33-12-9-26)16-29(23)25(32)20-3-2-4-21(31)13-20/h2-7,10,13-15,31H,8-9,11-12,16H2,1H3,(H,27,28,30). The van der Waals surface area contributed by atoms with E-state index in [4.69, 9.17) is 4.74 Å². The predicted molar refractivity (Wildman–Crippen MR) is 125 cm³/mol. The van der Waals surface area contributed by atoms with Crippen molar-refractivity contribution in [3.05, 3.63) is 71.9 Å². The average Bonchev–Trinajstić information content (AvgIpc) is 3.12. The first-order valence-electron chi connectivity index (χ1n) is 11.0. The molecule has 0 unspecified atom stereocenters. The molecule has 0 aliphatic carbocycles. The van der Waals surface area contributed by atoms with Gasteiger partial charge >= 0.3 is 0 Å². The highest BCUT2D eigenvalue weighted by molar-refractivity contribution is 6.08. The van der Waals surface area contributed by atoms with Crippen LogP contribution in [0.3, 0.4) is 0 Å². The monoisotopic (exact) mass is 443 g/mol. The quantitative estimate of drug-likeness (QED) is 0.635. The minimum atomic E-state index is -0.177. The fraction of sp³-hybridized carbons (Fsp3) is 0.269. The van der Waals surface area contributed by atoms with Crippen molar-refractivity contribution in [1.29, 1.82) is 0 Å². The van der Waals surface area contributed by atoms with Crippen molar-refractivity contribution < 1.29 is 19.4 Å². The molecule has 2 amide bonds. The highest BCUT2D eigenvalue weighted by atomic mass is 16.5. The van der Waals surface area contributed by atoms with Gasteiger partial charge in [-0.1, -0.05) is 12.1 Å². The molecule has 1 aromatic heterocycles. The second-order valence-electron chi connectivity index (χ2n) is 8.68. The molecule has 5 rings (SSSR count). The molecule has 3 aromatic rings. The van der Waals surface area contributed by atoms with Crippen LogP contribution < -0.4 is 10.2 Å². The molecule has 0 bridgehead atoms. The number of anilines is 2. The molecule has 0 radical (unpaired) electrons. The van der Waals surface area contributed by atoms with Gasteiger partial charge in [0.05, 0.1) is 0 Å². The van der Waals surface area contributed by atoms with E-state index in [9.17, 15) is 14.7 Å². The van der Waals surface area contributed by atoms with E-state index in [1.807, 2.05) is 29.2 Å². The lowest BCUT2D eigenvalue weighted by molar-refractivity contribution is -0.114. The van der Waals surface area contributed by atoms with Crippen molar-refractivity contribution in [1.82, 2.24) is 4.98 Å². The molecule has 168 valence electrons. The van der Waals surface area contributed by atoms with E-state index >= 15 is 0 Å². The fourth-order valence-electron chi connectivity index (χ4n) is 4.87. The number of benzene rings is 2. The summed E-state index contributed by atoms with van der Waals surface area (Å²) in [5.74, 6) is 0.280. The van der Waals surface area contributed by atoms with Gasteiger partial charge < -0.3 is 20.1 Å². The van der Waals surface area contributed by atoms with Crippen molar-refractivity contribution in [2.24, 2.45) is 0 Å². The van der Waals surface area contributed by atoms with E-state index in [0.717, 1.165) is 35.2 Å². The van der Waals surface area contributed by atoms with E-state index in [2.05, 4.69) is 16.4 Å². The SMILES string of the molecule is CC(=O)Nc1cc(-c2ccc3c(c2)C2(CCOCC2)CN3C(=O)c2cccc(O)c2)ccn1. The molecule has 3 heterocycles. The van der Waals surface area contributed by atoms with Crippen LogP contribution in [0.25, 0.3) is 11.1 Å². The van der Waals surface area contributed by atoms with Gasteiger partial charge in [-0.15, -0.1) is 0 Å². The molecule has 1 saturated heterocycles. The lowest BCUT2D eigenvalue weighted by atomic mass is 9.75. The molecular weight excluding hydrogens is 418 g/mol. The van der Waals surface area contributed by atoms with Gasteiger partial charge in [-0.2, -0.15) is 0 Å². The number of hydrogen-bond donors (Lipinski definition) is 2. The van der Waals surface area contributed by atoms with Crippen LogP contribution in [0.4, 0.5) is 11.5 Å². The molecule has 2 aliphatic rings. The van der Waals surface area contributed by atoms with Crippen LogP contribution in [-0.2, 0) is 14.9 Å². The number of amides is 2. The largest absolute Gasteiger partial charge is 0.508 e. The summed E-state index contributed by atoms with van der Waals surface area (Å²) >= 11 is 0. The second kappa shape index (κ2) is 8.33. The summed E-state index contributed by atoms with van der Waals surface area (Å²) in [6.07, 6.45) is 3.34. The number of rotatable bonds is 3. The highest BCUT2D eigenvalue weighted by Crippen LogP contribution is 2.48. The Balaban J connectivity index is 1.56. The summed E-state index contributed by atoms with van der Waals surface area (Å²) in [6.45, 7) is 3.34. The zero-order valence-corrected chi connectivity index (χ0v) is 18.4. The maximum Gasteiger partial charge on any atom is 0.258 e. The molecule has 33 heavy (non-hydrogen) atoms. The van der Waals surface area contributed by atoms with Crippen molar-refractivity contribution >= 4 is 23.3 Å². The van der Waals surface area contributed by atoms with E-state index in [1.165, 1.54) is 13.0 Å². The summed E-state index contributed by atoms with van der Waals surface area (Å²) in [5.41, 5.74) is 4.25. The Morgan fingerprint density at radius 1 is 1.06 bits per heavy atom. The predicted octanol–water partition coefficient (Wildman–Crippen LogP) is 4.12. The number of ether oxygens (including phenoxy) is 1.